The van der Waals surface area contributed by atoms with E-state index in [1.165, 1.54) is 5.56 Å². The second-order valence-corrected chi connectivity index (χ2v) is 4.32. The summed E-state index contributed by atoms with van der Waals surface area (Å²) >= 11 is 0. The smallest absolute Gasteiger partial charge is 0.170 e. The highest BCUT2D eigenvalue weighted by Gasteiger charge is 2.05. The van der Waals surface area contributed by atoms with Gasteiger partial charge in [0.2, 0.25) is 0 Å². The summed E-state index contributed by atoms with van der Waals surface area (Å²) in [5.41, 5.74) is 8.53. The topological polar surface area (TPSA) is 70.6 Å². The SMILES string of the molecule is C#CCC(C)NCc1ccc(/C(N)=N/O)cc1C. The number of aryl methyl sites for hydroxylation is 1. The van der Waals surface area contributed by atoms with Gasteiger partial charge in [0.15, 0.2) is 5.84 Å². The van der Waals surface area contributed by atoms with Crippen LogP contribution in [0.3, 0.4) is 0 Å². The molecule has 0 saturated heterocycles. The molecule has 96 valence electrons. The molecular formula is C14H19N3O. The third kappa shape index (κ3) is 3.79. The number of terminal acetylenes is 1. The average molecular weight is 245 g/mol. The van der Waals surface area contributed by atoms with E-state index in [9.17, 15) is 0 Å². The standard InChI is InChI=1S/C14H19N3O/c1-4-5-11(3)16-9-13-7-6-12(8-10(13)2)14(15)17-18/h1,6-8,11,16,18H,5,9H2,2-3H3,(H2,15,17). The van der Waals surface area contributed by atoms with Gasteiger partial charge in [-0.2, -0.15) is 0 Å². The highest BCUT2D eigenvalue weighted by atomic mass is 16.4. The molecule has 0 fully saturated rings. The first kappa shape index (κ1) is 14.1. The van der Waals surface area contributed by atoms with Crippen LogP contribution in [0.1, 0.15) is 30.0 Å². The minimum Gasteiger partial charge on any atom is -0.409 e. The molecule has 4 heteroatoms. The molecular weight excluding hydrogens is 226 g/mol. The van der Waals surface area contributed by atoms with E-state index in [1.807, 2.05) is 25.1 Å². The molecule has 4 N–H and O–H groups in total. The minimum absolute atomic E-state index is 0.123. The zero-order chi connectivity index (χ0) is 13.5. The number of nitrogens with zero attached hydrogens (tertiary/aromatic N) is 1. The molecule has 4 nitrogen and oxygen atoms in total. The van der Waals surface area contributed by atoms with E-state index >= 15 is 0 Å². The van der Waals surface area contributed by atoms with Crippen LogP contribution in [0.4, 0.5) is 0 Å². The Labute approximate surface area is 108 Å². The zero-order valence-corrected chi connectivity index (χ0v) is 10.8. The Morgan fingerprint density at radius 2 is 2.33 bits per heavy atom. The fourth-order valence-electron chi connectivity index (χ4n) is 1.64. The van der Waals surface area contributed by atoms with Crippen molar-refractivity contribution in [2.24, 2.45) is 10.9 Å². The van der Waals surface area contributed by atoms with Crippen molar-refractivity contribution < 1.29 is 5.21 Å². The number of hydrogen-bond acceptors (Lipinski definition) is 3. The molecule has 0 amide bonds. The van der Waals surface area contributed by atoms with E-state index in [4.69, 9.17) is 17.4 Å². The molecule has 0 saturated carbocycles. The van der Waals surface area contributed by atoms with Gasteiger partial charge in [-0.15, -0.1) is 12.3 Å². The first-order valence-electron chi connectivity index (χ1n) is 5.82. The van der Waals surface area contributed by atoms with E-state index in [0.717, 1.165) is 17.7 Å². The van der Waals surface area contributed by atoms with Gasteiger partial charge in [-0.25, -0.2) is 0 Å². The summed E-state index contributed by atoms with van der Waals surface area (Å²) in [6.07, 6.45) is 5.97. The highest BCUT2D eigenvalue weighted by Crippen LogP contribution is 2.11. The van der Waals surface area contributed by atoms with Gasteiger partial charge < -0.3 is 16.3 Å². The number of rotatable bonds is 5. The van der Waals surface area contributed by atoms with Gasteiger partial charge >= 0.3 is 0 Å². The number of nitrogens with two attached hydrogens (primary N) is 1. The number of oxime groups is 1. The molecule has 0 heterocycles. The van der Waals surface area contributed by atoms with Crippen LogP contribution in [0.2, 0.25) is 0 Å². The van der Waals surface area contributed by atoms with Crippen LogP contribution >= 0.6 is 0 Å². The molecule has 0 radical (unpaired) electrons. The fraction of sp³-hybridized carbons (Fsp3) is 0.357. The minimum atomic E-state index is 0.123. The molecule has 1 aromatic rings. The van der Waals surface area contributed by atoms with Crippen LogP contribution in [-0.4, -0.2) is 17.1 Å². The molecule has 0 aliphatic heterocycles. The average Bonchev–Trinajstić information content (AvgIpc) is 2.36. The van der Waals surface area contributed by atoms with Crippen LogP contribution in [0.5, 0.6) is 0 Å². The van der Waals surface area contributed by atoms with Crippen LogP contribution in [0, 0.1) is 19.3 Å². The highest BCUT2D eigenvalue weighted by molar-refractivity contribution is 5.97. The first-order chi connectivity index (χ1) is 8.58. The predicted molar refractivity (Wildman–Crippen MR) is 73.4 cm³/mol. The van der Waals surface area contributed by atoms with Crippen LogP contribution in [0.25, 0.3) is 0 Å². The Morgan fingerprint density at radius 3 is 2.89 bits per heavy atom. The maximum atomic E-state index is 8.62. The molecule has 0 aliphatic rings. The molecule has 0 aromatic heterocycles. The Bertz CT molecular complexity index is 474. The lowest BCUT2D eigenvalue weighted by atomic mass is 10.0. The summed E-state index contributed by atoms with van der Waals surface area (Å²) < 4.78 is 0. The maximum absolute atomic E-state index is 8.62. The second-order valence-electron chi connectivity index (χ2n) is 4.32. The predicted octanol–water partition coefficient (Wildman–Crippen LogP) is 1.59. The van der Waals surface area contributed by atoms with E-state index in [-0.39, 0.29) is 11.9 Å². The van der Waals surface area contributed by atoms with Gasteiger partial charge in [-0.05, 0) is 31.0 Å². The van der Waals surface area contributed by atoms with Gasteiger partial charge in [0.05, 0.1) is 0 Å². The summed E-state index contributed by atoms with van der Waals surface area (Å²) in [5.74, 6) is 2.75. The number of nitrogens with one attached hydrogen (secondary N) is 1. The van der Waals surface area contributed by atoms with Gasteiger partial charge in [0.25, 0.3) is 0 Å². The summed E-state index contributed by atoms with van der Waals surface area (Å²) in [4.78, 5) is 0. The van der Waals surface area contributed by atoms with Crippen LogP contribution in [-0.2, 0) is 6.54 Å². The van der Waals surface area contributed by atoms with Crippen molar-refractivity contribution in [3.63, 3.8) is 0 Å². The normalized spacial score (nSPS) is 13.1. The molecule has 1 aromatic carbocycles. The van der Waals surface area contributed by atoms with Crippen molar-refractivity contribution in [2.45, 2.75) is 32.9 Å². The number of benzene rings is 1. The van der Waals surface area contributed by atoms with E-state index in [2.05, 4.69) is 23.3 Å². The van der Waals surface area contributed by atoms with E-state index in [0.29, 0.717) is 6.42 Å². The maximum Gasteiger partial charge on any atom is 0.170 e. The van der Waals surface area contributed by atoms with Crippen LogP contribution in [0.15, 0.2) is 23.4 Å². The largest absolute Gasteiger partial charge is 0.409 e. The van der Waals surface area contributed by atoms with Crippen molar-refractivity contribution >= 4 is 5.84 Å². The third-order valence-electron chi connectivity index (χ3n) is 2.81. The lowest BCUT2D eigenvalue weighted by Gasteiger charge is -2.13. The van der Waals surface area contributed by atoms with Gasteiger partial charge in [0.1, 0.15) is 0 Å². The summed E-state index contributed by atoms with van der Waals surface area (Å²) in [5, 5.41) is 15.0. The van der Waals surface area contributed by atoms with Crippen molar-refractivity contribution in [3.05, 3.63) is 34.9 Å². The van der Waals surface area contributed by atoms with Crippen molar-refractivity contribution in [3.8, 4) is 12.3 Å². The number of hydrogen-bond donors (Lipinski definition) is 3. The quantitative estimate of drug-likeness (QED) is 0.242. The molecule has 1 rings (SSSR count). The van der Waals surface area contributed by atoms with Gasteiger partial charge in [0, 0.05) is 24.6 Å². The van der Waals surface area contributed by atoms with Crippen molar-refractivity contribution in [1.82, 2.24) is 5.32 Å². The molecule has 0 bridgehead atoms. The summed E-state index contributed by atoms with van der Waals surface area (Å²) in [6, 6.07) is 6.00. The van der Waals surface area contributed by atoms with Crippen LogP contribution < -0.4 is 11.1 Å². The second kappa shape index (κ2) is 6.67. The van der Waals surface area contributed by atoms with Crippen molar-refractivity contribution in [2.75, 3.05) is 0 Å². The molecule has 18 heavy (non-hydrogen) atoms. The first-order valence-corrected chi connectivity index (χ1v) is 5.82. The van der Waals surface area contributed by atoms with E-state index in [1.54, 1.807) is 0 Å². The van der Waals surface area contributed by atoms with Gasteiger partial charge in [-0.3, -0.25) is 0 Å². The summed E-state index contributed by atoms with van der Waals surface area (Å²) in [6.45, 7) is 4.81. The molecule has 0 spiro atoms. The third-order valence-corrected chi connectivity index (χ3v) is 2.81. The van der Waals surface area contributed by atoms with E-state index < -0.39 is 0 Å². The fourth-order valence-corrected chi connectivity index (χ4v) is 1.64. The molecule has 0 aliphatic carbocycles. The molecule has 1 atom stereocenters. The lowest BCUT2D eigenvalue weighted by Crippen LogP contribution is -2.25. The van der Waals surface area contributed by atoms with Crippen molar-refractivity contribution in [1.29, 1.82) is 0 Å². The Balaban J connectivity index is 2.72. The lowest BCUT2D eigenvalue weighted by molar-refractivity contribution is 0.318. The zero-order valence-electron chi connectivity index (χ0n) is 10.8. The molecule has 1 unspecified atom stereocenters. The Hall–Kier alpha value is -1.99. The monoisotopic (exact) mass is 245 g/mol. The Kier molecular flexibility index (Phi) is 5.22. The number of amidine groups is 1. The Morgan fingerprint density at radius 1 is 1.61 bits per heavy atom. The van der Waals surface area contributed by atoms with Gasteiger partial charge in [-0.1, -0.05) is 17.3 Å². The summed E-state index contributed by atoms with van der Waals surface area (Å²) in [7, 11) is 0.